The second-order valence-corrected chi connectivity index (χ2v) is 9.73. The van der Waals surface area contributed by atoms with Crippen LogP contribution >= 0.6 is 0 Å². The Bertz CT molecular complexity index is 867. The predicted molar refractivity (Wildman–Crippen MR) is 121 cm³/mol. The fraction of sp³-hybridized carbons (Fsp3) is 0.680. The summed E-state index contributed by atoms with van der Waals surface area (Å²) in [5, 5.41) is 7.12. The van der Waals surface area contributed by atoms with Crippen molar-refractivity contribution in [3.05, 3.63) is 29.8 Å². The summed E-state index contributed by atoms with van der Waals surface area (Å²) in [5.74, 6) is -3.89. The van der Waals surface area contributed by atoms with Gasteiger partial charge in [0.25, 0.3) is 0 Å². The van der Waals surface area contributed by atoms with Crippen LogP contribution in [0, 0.1) is 11.8 Å². The van der Waals surface area contributed by atoms with Crippen LogP contribution in [0.15, 0.2) is 24.3 Å². The number of carbonyl (C=O) groups excluding carboxylic acids is 1. The molecule has 196 valence electrons. The molecule has 1 aromatic carbocycles. The van der Waals surface area contributed by atoms with Crippen LogP contribution in [0.2, 0.25) is 0 Å². The van der Waals surface area contributed by atoms with Gasteiger partial charge in [-0.05, 0) is 68.5 Å². The number of likely N-dealkylation sites (tertiary alicyclic amines) is 1. The standard InChI is InChI=1S/C23H32F2N2O.C2HF3O2/c24-23(25)12-8-18(9-13-23)20-11-16-26(17-20)15-10-19-5-1-2-6-21(19)27-14-4-3-7-22(27)28;3-2(4,5)1(6)7/h1-2,5-6,18,20H,3-4,7-17H2;(H,6,7). The van der Waals surface area contributed by atoms with E-state index in [0.717, 1.165) is 57.5 Å². The minimum atomic E-state index is -5.08. The Kier molecular flexibility index (Phi) is 9.12. The van der Waals surface area contributed by atoms with E-state index in [1.165, 1.54) is 5.56 Å². The number of benzene rings is 1. The summed E-state index contributed by atoms with van der Waals surface area (Å²) < 4.78 is 58.6. The minimum Gasteiger partial charge on any atom is -0.475 e. The number of alkyl halides is 5. The Balaban J connectivity index is 0.000000429. The summed E-state index contributed by atoms with van der Waals surface area (Å²) in [7, 11) is 0. The average Bonchev–Trinajstić information content (AvgIpc) is 3.27. The second kappa shape index (κ2) is 11.7. The number of hydrogen-bond acceptors (Lipinski definition) is 3. The van der Waals surface area contributed by atoms with Crippen molar-refractivity contribution in [3.63, 3.8) is 0 Å². The molecule has 1 atom stereocenters. The molecule has 1 aliphatic carbocycles. The van der Waals surface area contributed by atoms with Gasteiger partial charge in [-0.25, -0.2) is 13.6 Å². The van der Waals surface area contributed by atoms with Gasteiger partial charge in [0.1, 0.15) is 0 Å². The number of piperidine rings is 1. The first-order chi connectivity index (χ1) is 16.5. The molecule has 0 bridgehead atoms. The molecule has 3 aliphatic rings. The Labute approximate surface area is 202 Å². The normalized spacial score (nSPS) is 23.6. The first-order valence-electron chi connectivity index (χ1n) is 12.2. The summed E-state index contributed by atoms with van der Waals surface area (Å²) in [6.45, 7) is 3.93. The van der Waals surface area contributed by atoms with Crippen LogP contribution in [0.3, 0.4) is 0 Å². The highest BCUT2D eigenvalue weighted by molar-refractivity contribution is 5.94. The van der Waals surface area contributed by atoms with Crippen LogP contribution < -0.4 is 4.90 Å². The van der Waals surface area contributed by atoms with Gasteiger partial charge in [-0.3, -0.25) is 4.79 Å². The van der Waals surface area contributed by atoms with Gasteiger partial charge in [0.05, 0.1) is 0 Å². The zero-order valence-electron chi connectivity index (χ0n) is 19.7. The molecule has 35 heavy (non-hydrogen) atoms. The molecular weight excluding hydrogens is 471 g/mol. The maximum atomic E-state index is 13.4. The molecule has 1 aromatic rings. The SMILES string of the molecule is O=C(O)C(F)(F)F.O=C1CCCCN1c1ccccc1CCN1CCC(C2CCC(F)(F)CC2)C1. The van der Waals surface area contributed by atoms with Crippen molar-refractivity contribution in [1.82, 2.24) is 4.90 Å². The molecule has 0 radical (unpaired) electrons. The van der Waals surface area contributed by atoms with Crippen molar-refractivity contribution in [3.8, 4) is 0 Å². The number of carboxylic acids is 1. The summed E-state index contributed by atoms with van der Waals surface area (Å²) in [5.41, 5.74) is 2.33. The Morgan fingerprint density at radius 3 is 2.31 bits per heavy atom. The highest BCUT2D eigenvalue weighted by Gasteiger charge is 2.39. The molecule has 1 amide bonds. The second-order valence-electron chi connectivity index (χ2n) is 9.73. The summed E-state index contributed by atoms with van der Waals surface area (Å²) in [6, 6.07) is 8.30. The van der Waals surface area contributed by atoms with E-state index in [1.807, 2.05) is 11.0 Å². The molecule has 5 nitrogen and oxygen atoms in total. The molecule has 2 saturated heterocycles. The first-order valence-corrected chi connectivity index (χ1v) is 12.2. The number of anilines is 1. The van der Waals surface area contributed by atoms with Gasteiger partial charge in [-0.2, -0.15) is 13.2 Å². The van der Waals surface area contributed by atoms with Crippen molar-refractivity contribution >= 4 is 17.6 Å². The van der Waals surface area contributed by atoms with Crippen molar-refractivity contribution < 1.29 is 36.6 Å². The number of hydrogen-bond donors (Lipinski definition) is 1. The fourth-order valence-electron chi connectivity index (χ4n) is 5.31. The van der Waals surface area contributed by atoms with E-state index >= 15 is 0 Å². The summed E-state index contributed by atoms with van der Waals surface area (Å²) in [6.07, 6.45) is 1.25. The van der Waals surface area contributed by atoms with Gasteiger partial charge in [0.15, 0.2) is 0 Å². The van der Waals surface area contributed by atoms with Crippen molar-refractivity contribution in [2.75, 3.05) is 31.1 Å². The highest BCUT2D eigenvalue weighted by atomic mass is 19.4. The third-order valence-corrected chi connectivity index (χ3v) is 7.28. The molecule has 0 aromatic heterocycles. The highest BCUT2D eigenvalue weighted by Crippen LogP contribution is 2.41. The maximum absolute atomic E-state index is 13.4. The predicted octanol–water partition coefficient (Wildman–Crippen LogP) is 5.53. The average molecular weight is 505 g/mol. The van der Waals surface area contributed by atoms with Gasteiger partial charge < -0.3 is 14.9 Å². The van der Waals surface area contributed by atoms with E-state index in [2.05, 4.69) is 23.1 Å². The summed E-state index contributed by atoms with van der Waals surface area (Å²) in [4.78, 5) is 25.7. The Morgan fingerprint density at radius 2 is 1.69 bits per heavy atom. The lowest BCUT2D eigenvalue weighted by molar-refractivity contribution is -0.192. The molecule has 3 fully saturated rings. The molecule has 2 heterocycles. The largest absolute Gasteiger partial charge is 0.490 e. The lowest BCUT2D eigenvalue weighted by Crippen LogP contribution is -2.36. The number of carboxylic acid groups (broad SMARTS) is 1. The van der Waals surface area contributed by atoms with E-state index in [9.17, 15) is 26.7 Å². The van der Waals surface area contributed by atoms with E-state index in [4.69, 9.17) is 9.90 Å². The number of halogens is 5. The molecule has 1 N–H and O–H groups in total. The van der Waals surface area contributed by atoms with Gasteiger partial charge in [0.2, 0.25) is 11.8 Å². The van der Waals surface area contributed by atoms with Crippen molar-refractivity contribution in [2.24, 2.45) is 11.8 Å². The smallest absolute Gasteiger partial charge is 0.475 e. The quantitative estimate of drug-likeness (QED) is 0.536. The number of nitrogens with zero attached hydrogens (tertiary/aromatic N) is 2. The lowest BCUT2D eigenvalue weighted by Gasteiger charge is -2.32. The van der Waals surface area contributed by atoms with Crippen LogP contribution in [-0.2, 0) is 16.0 Å². The number of amides is 1. The third-order valence-electron chi connectivity index (χ3n) is 7.28. The van der Waals surface area contributed by atoms with Crippen molar-refractivity contribution in [1.29, 1.82) is 0 Å². The van der Waals surface area contributed by atoms with Crippen LogP contribution in [0.4, 0.5) is 27.6 Å². The minimum absolute atomic E-state index is 0.0748. The molecular formula is C25H33F5N2O3. The molecule has 1 unspecified atom stereocenters. The molecule has 4 rings (SSSR count). The van der Waals surface area contributed by atoms with Gasteiger partial charge in [-0.1, -0.05) is 18.2 Å². The number of rotatable bonds is 5. The summed E-state index contributed by atoms with van der Waals surface area (Å²) >= 11 is 0. The molecule has 1 saturated carbocycles. The molecule has 2 aliphatic heterocycles. The fourth-order valence-corrected chi connectivity index (χ4v) is 5.31. The van der Waals surface area contributed by atoms with E-state index in [0.29, 0.717) is 31.1 Å². The van der Waals surface area contributed by atoms with Gasteiger partial charge in [0, 0.05) is 44.6 Å². The zero-order valence-corrected chi connectivity index (χ0v) is 19.7. The van der Waals surface area contributed by atoms with Gasteiger partial charge >= 0.3 is 12.1 Å². The van der Waals surface area contributed by atoms with Gasteiger partial charge in [-0.15, -0.1) is 0 Å². The number of aliphatic carboxylic acids is 1. The third kappa shape index (κ3) is 7.88. The maximum Gasteiger partial charge on any atom is 0.490 e. The van der Waals surface area contributed by atoms with Crippen LogP contribution in [0.1, 0.15) is 56.9 Å². The molecule has 10 heteroatoms. The topological polar surface area (TPSA) is 60.9 Å². The first kappa shape index (κ1) is 27.4. The van der Waals surface area contributed by atoms with Crippen LogP contribution in [-0.4, -0.2) is 60.2 Å². The Morgan fingerprint density at radius 1 is 1.03 bits per heavy atom. The van der Waals surface area contributed by atoms with Crippen molar-refractivity contribution in [2.45, 2.75) is 69.9 Å². The number of para-hydroxylation sites is 1. The van der Waals surface area contributed by atoms with E-state index in [1.54, 1.807) is 0 Å². The van der Waals surface area contributed by atoms with Crippen LogP contribution in [0.5, 0.6) is 0 Å². The zero-order chi connectivity index (χ0) is 25.6. The monoisotopic (exact) mass is 504 g/mol. The van der Waals surface area contributed by atoms with Crippen LogP contribution in [0.25, 0.3) is 0 Å². The van der Waals surface area contributed by atoms with E-state index < -0.39 is 18.1 Å². The van der Waals surface area contributed by atoms with E-state index in [-0.39, 0.29) is 18.7 Å². The number of carbonyl (C=O) groups is 2. The lowest BCUT2D eigenvalue weighted by atomic mass is 9.78. The molecule has 0 spiro atoms. The Hall–Kier alpha value is -2.23.